The minimum atomic E-state index is -1.70. The second kappa shape index (κ2) is 4.90. The molecular weight excluding hydrogens is 221 g/mol. The van der Waals surface area contributed by atoms with Gasteiger partial charge in [-0.2, -0.15) is 0 Å². The molecule has 2 rings (SSSR count). The number of amides is 1. The van der Waals surface area contributed by atoms with E-state index in [1.54, 1.807) is 4.90 Å². The van der Waals surface area contributed by atoms with Gasteiger partial charge in [0.1, 0.15) is 0 Å². The van der Waals surface area contributed by atoms with Gasteiger partial charge in [-0.15, -0.1) is 0 Å². The Labute approximate surface area is 102 Å². The highest BCUT2D eigenvalue weighted by Gasteiger charge is 2.46. The fourth-order valence-electron chi connectivity index (χ4n) is 2.96. The van der Waals surface area contributed by atoms with Gasteiger partial charge in [0, 0.05) is 32.1 Å². The Balaban J connectivity index is 2.11. The van der Waals surface area contributed by atoms with Crippen molar-refractivity contribution in [1.82, 2.24) is 10.2 Å². The molecule has 0 aromatic carbocycles. The van der Waals surface area contributed by atoms with Crippen molar-refractivity contribution in [3.05, 3.63) is 0 Å². The fraction of sp³-hybridized carbons (Fsp3) is 0.917. The lowest BCUT2D eigenvalue weighted by Crippen LogP contribution is -2.57. The number of alkyl halides is 1. The molecule has 0 bridgehead atoms. The molecule has 0 aliphatic carbocycles. The molecule has 0 radical (unpaired) electrons. The maximum atomic E-state index is 14.4. The fourth-order valence-corrected chi connectivity index (χ4v) is 2.96. The number of carbonyl (C=O) groups is 1. The lowest BCUT2D eigenvalue weighted by Gasteiger charge is -2.41. The zero-order chi connectivity index (χ0) is 12.5. The van der Waals surface area contributed by atoms with E-state index in [0.717, 1.165) is 12.8 Å². The van der Waals surface area contributed by atoms with Gasteiger partial charge in [0.15, 0.2) is 0 Å². The van der Waals surface area contributed by atoms with Gasteiger partial charge in [-0.1, -0.05) is 6.92 Å². The van der Waals surface area contributed by atoms with E-state index in [2.05, 4.69) is 12.2 Å². The van der Waals surface area contributed by atoms with Crippen molar-refractivity contribution < 1.29 is 9.18 Å². The molecule has 4 nitrogen and oxygen atoms in total. The van der Waals surface area contributed by atoms with Crippen LogP contribution in [0.5, 0.6) is 0 Å². The van der Waals surface area contributed by atoms with Crippen LogP contribution in [0.3, 0.4) is 0 Å². The Morgan fingerprint density at radius 2 is 2.41 bits per heavy atom. The zero-order valence-corrected chi connectivity index (χ0v) is 10.4. The van der Waals surface area contributed by atoms with Crippen LogP contribution in [-0.2, 0) is 4.79 Å². The van der Waals surface area contributed by atoms with Crippen molar-refractivity contribution in [1.29, 1.82) is 0 Å². The van der Waals surface area contributed by atoms with E-state index in [1.807, 2.05) is 0 Å². The number of carbonyl (C=O) groups excluding carboxylic acids is 1. The predicted octanol–water partition coefficient (Wildman–Crippen LogP) is 0.274. The van der Waals surface area contributed by atoms with E-state index in [9.17, 15) is 9.18 Å². The molecule has 0 spiro atoms. The summed E-state index contributed by atoms with van der Waals surface area (Å²) in [6, 6.07) is 0.00414. The van der Waals surface area contributed by atoms with E-state index in [-0.39, 0.29) is 24.9 Å². The second-order valence-electron chi connectivity index (χ2n) is 5.31. The van der Waals surface area contributed by atoms with Crippen LogP contribution >= 0.6 is 0 Å². The quantitative estimate of drug-likeness (QED) is 0.732. The number of nitrogens with one attached hydrogen (secondary N) is 1. The molecule has 3 unspecified atom stereocenters. The summed E-state index contributed by atoms with van der Waals surface area (Å²) in [5.41, 5.74) is 4.03. The molecule has 17 heavy (non-hydrogen) atoms. The molecule has 2 aliphatic heterocycles. The monoisotopic (exact) mass is 243 g/mol. The number of nitrogens with zero attached hydrogens (tertiary/aromatic N) is 1. The van der Waals surface area contributed by atoms with Gasteiger partial charge < -0.3 is 16.0 Å². The van der Waals surface area contributed by atoms with Crippen LogP contribution in [0.15, 0.2) is 0 Å². The number of nitrogens with two attached hydrogens (primary N) is 1. The molecule has 0 aromatic heterocycles. The number of hydrogen-bond donors (Lipinski definition) is 2. The van der Waals surface area contributed by atoms with Crippen molar-refractivity contribution in [2.75, 3.05) is 26.2 Å². The lowest BCUT2D eigenvalue weighted by molar-refractivity contribution is -0.147. The standard InChI is InChI=1S/C12H22FN3O/c1-9-3-2-6-16(10(9)7-14)11(17)12(13)4-5-15-8-12/h9-10,15H,2-8,14H2,1H3. The number of halogens is 1. The zero-order valence-electron chi connectivity index (χ0n) is 10.4. The maximum absolute atomic E-state index is 14.4. The molecule has 3 atom stereocenters. The van der Waals surface area contributed by atoms with E-state index >= 15 is 0 Å². The Morgan fingerprint density at radius 3 is 3.00 bits per heavy atom. The van der Waals surface area contributed by atoms with E-state index in [1.165, 1.54) is 0 Å². The third-order valence-corrected chi connectivity index (χ3v) is 4.10. The highest BCUT2D eigenvalue weighted by atomic mass is 19.1. The van der Waals surface area contributed by atoms with Gasteiger partial charge in [0.2, 0.25) is 5.67 Å². The van der Waals surface area contributed by atoms with Gasteiger partial charge in [-0.05, 0) is 25.3 Å². The van der Waals surface area contributed by atoms with Gasteiger partial charge in [0.05, 0.1) is 0 Å². The summed E-state index contributed by atoms with van der Waals surface area (Å²) in [5.74, 6) is 0.0140. The van der Waals surface area contributed by atoms with Crippen LogP contribution in [0.1, 0.15) is 26.2 Å². The van der Waals surface area contributed by atoms with Crippen LogP contribution in [-0.4, -0.2) is 48.7 Å². The molecule has 2 fully saturated rings. The molecule has 3 N–H and O–H groups in total. The minimum absolute atomic E-state index is 0.00414. The molecule has 2 heterocycles. The third-order valence-electron chi connectivity index (χ3n) is 4.10. The topological polar surface area (TPSA) is 58.4 Å². The van der Waals surface area contributed by atoms with Crippen LogP contribution in [0.2, 0.25) is 0 Å². The Hall–Kier alpha value is -0.680. The average Bonchev–Trinajstić information content (AvgIpc) is 2.76. The first kappa shape index (κ1) is 12.8. The first-order valence-electron chi connectivity index (χ1n) is 6.49. The van der Waals surface area contributed by atoms with Crippen LogP contribution in [0.4, 0.5) is 4.39 Å². The number of piperidine rings is 1. The Kier molecular flexibility index (Phi) is 3.68. The van der Waals surface area contributed by atoms with Gasteiger partial charge in [-0.3, -0.25) is 4.79 Å². The normalized spacial score (nSPS) is 38.4. The maximum Gasteiger partial charge on any atom is 0.261 e. The molecule has 0 saturated carbocycles. The van der Waals surface area contributed by atoms with Gasteiger partial charge in [-0.25, -0.2) is 4.39 Å². The average molecular weight is 243 g/mol. The summed E-state index contributed by atoms with van der Waals surface area (Å²) in [4.78, 5) is 14.0. The van der Waals surface area contributed by atoms with Crippen molar-refractivity contribution in [3.63, 3.8) is 0 Å². The van der Waals surface area contributed by atoms with Crippen molar-refractivity contribution in [2.24, 2.45) is 11.7 Å². The molecular formula is C12H22FN3O. The van der Waals surface area contributed by atoms with Crippen molar-refractivity contribution in [3.8, 4) is 0 Å². The van der Waals surface area contributed by atoms with Gasteiger partial charge >= 0.3 is 0 Å². The van der Waals surface area contributed by atoms with Crippen LogP contribution < -0.4 is 11.1 Å². The van der Waals surface area contributed by atoms with E-state index in [4.69, 9.17) is 5.73 Å². The molecule has 98 valence electrons. The highest BCUT2D eigenvalue weighted by molar-refractivity contribution is 5.86. The molecule has 2 aliphatic rings. The van der Waals surface area contributed by atoms with Crippen LogP contribution in [0.25, 0.3) is 0 Å². The van der Waals surface area contributed by atoms with Gasteiger partial charge in [0.25, 0.3) is 5.91 Å². The minimum Gasteiger partial charge on any atom is -0.335 e. The largest absolute Gasteiger partial charge is 0.335 e. The smallest absolute Gasteiger partial charge is 0.261 e. The summed E-state index contributed by atoms with van der Waals surface area (Å²) >= 11 is 0. The lowest BCUT2D eigenvalue weighted by atomic mass is 9.89. The summed E-state index contributed by atoms with van der Waals surface area (Å²) in [6.07, 6.45) is 2.31. The van der Waals surface area contributed by atoms with Crippen molar-refractivity contribution in [2.45, 2.75) is 37.9 Å². The Morgan fingerprint density at radius 1 is 1.65 bits per heavy atom. The summed E-state index contributed by atoms with van der Waals surface area (Å²) in [6.45, 7) is 3.90. The van der Waals surface area contributed by atoms with E-state index in [0.29, 0.717) is 25.6 Å². The third kappa shape index (κ3) is 2.31. The first-order chi connectivity index (χ1) is 8.08. The predicted molar refractivity (Wildman–Crippen MR) is 64.3 cm³/mol. The highest BCUT2D eigenvalue weighted by Crippen LogP contribution is 2.29. The SMILES string of the molecule is CC1CCCN(C(=O)C2(F)CCNC2)C1CN. The Bertz CT molecular complexity index is 291. The van der Waals surface area contributed by atoms with E-state index < -0.39 is 5.67 Å². The molecule has 2 saturated heterocycles. The summed E-state index contributed by atoms with van der Waals surface area (Å²) in [7, 11) is 0. The number of rotatable bonds is 2. The summed E-state index contributed by atoms with van der Waals surface area (Å²) < 4.78 is 14.4. The molecule has 1 amide bonds. The number of hydrogen-bond acceptors (Lipinski definition) is 3. The van der Waals surface area contributed by atoms with Crippen molar-refractivity contribution >= 4 is 5.91 Å². The summed E-state index contributed by atoms with van der Waals surface area (Å²) in [5, 5.41) is 2.92. The molecule has 0 aromatic rings. The molecule has 5 heteroatoms. The first-order valence-corrected chi connectivity index (χ1v) is 6.49. The second-order valence-corrected chi connectivity index (χ2v) is 5.31. The van der Waals surface area contributed by atoms with Crippen LogP contribution in [0, 0.1) is 5.92 Å². The number of likely N-dealkylation sites (tertiary alicyclic amines) is 1.